The molecule has 0 aromatic rings. The second-order valence-electron chi connectivity index (χ2n) is 12.4. The zero-order chi connectivity index (χ0) is 25.5. The van der Waals surface area contributed by atoms with Crippen molar-refractivity contribution >= 4 is 26.7 Å². The number of allylic oxidation sites excluding steroid dienone is 1. The Bertz CT molecular complexity index is 522. The summed E-state index contributed by atoms with van der Waals surface area (Å²) in [6, 6.07) is 0. The molecule has 1 aliphatic heterocycles. The first kappa shape index (κ1) is 32.5. The molecule has 0 radical (unpaired) electrons. The van der Waals surface area contributed by atoms with Gasteiger partial charge in [0.1, 0.15) is 0 Å². The van der Waals surface area contributed by atoms with E-state index in [1.54, 1.807) is 13.3 Å². The molecule has 0 N–H and O–H groups in total. The van der Waals surface area contributed by atoms with Crippen molar-refractivity contribution in [2.45, 2.75) is 154 Å². The SMILES string of the molecule is CCC[CH2][Sn]([CH2]/C=C\O[C@H]1CCCO[C@@H]1CCCO[Si](C)(C)C(C)(C)C)([CH2]CCC)[CH2]CCC. The second-order valence-corrected chi connectivity index (χ2v) is 31.2. The average molecular weight is 604 g/mol. The Morgan fingerprint density at radius 3 is 2.06 bits per heavy atom. The zero-order valence-corrected chi connectivity index (χ0v) is 28.2. The third-order valence-electron chi connectivity index (χ3n) is 8.36. The molecule has 1 fully saturated rings. The van der Waals surface area contributed by atoms with E-state index < -0.39 is 26.7 Å². The number of hydrogen-bond acceptors (Lipinski definition) is 3. The van der Waals surface area contributed by atoms with Crippen LogP contribution in [0.3, 0.4) is 0 Å². The van der Waals surface area contributed by atoms with Gasteiger partial charge in [-0.2, -0.15) is 0 Å². The molecule has 3 nitrogen and oxygen atoms in total. The fourth-order valence-electron chi connectivity index (χ4n) is 4.86. The Morgan fingerprint density at radius 1 is 0.941 bits per heavy atom. The van der Waals surface area contributed by atoms with Gasteiger partial charge in [0.25, 0.3) is 0 Å². The maximum atomic E-state index is 6.39. The van der Waals surface area contributed by atoms with Crippen molar-refractivity contribution in [1.82, 2.24) is 0 Å². The van der Waals surface area contributed by atoms with Crippen LogP contribution in [0.1, 0.15) is 106 Å². The summed E-state index contributed by atoms with van der Waals surface area (Å²) in [6.45, 7) is 20.4. The third kappa shape index (κ3) is 12.1. The predicted molar refractivity (Wildman–Crippen MR) is 155 cm³/mol. The Balaban J connectivity index is 2.60. The van der Waals surface area contributed by atoms with Crippen LogP contribution in [-0.4, -0.2) is 52.1 Å². The van der Waals surface area contributed by atoms with E-state index in [2.05, 4.69) is 67.0 Å². The molecule has 2 atom stereocenters. The third-order valence-corrected chi connectivity index (χ3v) is 28.2. The van der Waals surface area contributed by atoms with Crippen LogP contribution in [0.15, 0.2) is 12.3 Å². The van der Waals surface area contributed by atoms with Gasteiger partial charge in [-0.3, -0.25) is 0 Å². The summed E-state index contributed by atoms with van der Waals surface area (Å²) < 4.78 is 25.0. The molecule has 0 aliphatic carbocycles. The maximum absolute atomic E-state index is 6.39. The monoisotopic (exact) mass is 604 g/mol. The van der Waals surface area contributed by atoms with Crippen LogP contribution in [0, 0.1) is 0 Å². The zero-order valence-electron chi connectivity index (χ0n) is 24.3. The first-order valence-electron chi connectivity index (χ1n) is 14.7. The van der Waals surface area contributed by atoms with Gasteiger partial charge in [-0.05, 0) is 0 Å². The van der Waals surface area contributed by atoms with E-state index in [0.717, 1.165) is 38.9 Å². The Kier molecular flexibility index (Phi) is 16.3. The minimum atomic E-state index is -2.10. The van der Waals surface area contributed by atoms with Crippen LogP contribution in [0.25, 0.3) is 0 Å². The van der Waals surface area contributed by atoms with Gasteiger partial charge in [-0.15, -0.1) is 0 Å². The van der Waals surface area contributed by atoms with E-state index in [-0.39, 0.29) is 17.2 Å². The van der Waals surface area contributed by atoms with E-state index in [1.807, 2.05) is 0 Å². The molecule has 5 heteroatoms. The Hall–Kier alpha value is 0.476. The molecule has 0 aromatic carbocycles. The molecule has 202 valence electrons. The summed E-state index contributed by atoms with van der Waals surface area (Å²) in [7, 11) is -1.66. The van der Waals surface area contributed by atoms with Gasteiger partial charge < -0.3 is 0 Å². The summed E-state index contributed by atoms with van der Waals surface area (Å²) in [5.41, 5.74) is 0. The second kappa shape index (κ2) is 17.1. The molecule has 1 rings (SSSR count). The van der Waals surface area contributed by atoms with Gasteiger partial charge >= 0.3 is 199 Å². The van der Waals surface area contributed by atoms with E-state index in [1.165, 1.54) is 43.0 Å². The van der Waals surface area contributed by atoms with Crippen LogP contribution in [-0.2, 0) is 13.9 Å². The van der Waals surface area contributed by atoms with Crippen molar-refractivity contribution in [2.75, 3.05) is 13.2 Å². The van der Waals surface area contributed by atoms with Gasteiger partial charge in [-0.25, -0.2) is 0 Å². The molecule has 1 heterocycles. The molecular weight excluding hydrogens is 543 g/mol. The van der Waals surface area contributed by atoms with Gasteiger partial charge in [-0.1, -0.05) is 20.8 Å². The molecule has 0 saturated carbocycles. The molecule has 34 heavy (non-hydrogen) atoms. The Labute approximate surface area is 219 Å². The topological polar surface area (TPSA) is 27.7 Å². The van der Waals surface area contributed by atoms with Crippen molar-refractivity contribution in [1.29, 1.82) is 0 Å². The first-order chi connectivity index (χ1) is 16.1. The number of unbranched alkanes of at least 4 members (excludes halogenated alkanes) is 3. The summed E-state index contributed by atoms with van der Waals surface area (Å²) in [4.78, 5) is 0. The predicted octanol–water partition coefficient (Wildman–Crippen LogP) is 9.72. The van der Waals surface area contributed by atoms with E-state index in [0.29, 0.717) is 0 Å². The molecule has 1 aliphatic rings. The van der Waals surface area contributed by atoms with Gasteiger partial charge in [0.15, 0.2) is 0 Å². The van der Waals surface area contributed by atoms with E-state index in [4.69, 9.17) is 13.9 Å². The van der Waals surface area contributed by atoms with Gasteiger partial charge in [0.05, 0.1) is 0 Å². The van der Waals surface area contributed by atoms with Crippen LogP contribution < -0.4 is 0 Å². The molecule has 0 spiro atoms. The van der Waals surface area contributed by atoms with Crippen molar-refractivity contribution < 1.29 is 13.9 Å². The number of hydrogen-bond donors (Lipinski definition) is 0. The van der Waals surface area contributed by atoms with Crippen molar-refractivity contribution in [2.24, 2.45) is 0 Å². The van der Waals surface area contributed by atoms with Crippen molar-refractivity contribution in [3.63, 3.8) is 0 Å². The quantitative estimate of drug-likeness (QED) is 0.0887. The number of rotatable bonds is 18. The minimum absolute atomic E-state index is 0.212. The summed E-state index contributed by atoms with van der Waals surface area (Å²) in [5.74, 6) is 0. The van der Waals surface area contributed by atoms with Crippen LogP contribution in [0.2, 0.25) is 35.9 Å². The number of ether oxygens (including phenoxy) is 2. The van der Waals surface area contributed by atoms with E-state index >= 15 is 0 Å². The summed E-state index contributed by atoms with van der Waals surface area (Å²) in [5, 5.41) is 0.274. The van der Waals surface area contributed by atoms with Crippen LogP contribution >= 0.6 is 0 Å². The Morgan fingerprint density at radius 2 is 1.53 bits per heavy atom. The molecular formula is C29H60O3SiSn. The van der Waals surface area contributed by atoms with Crippen molar-refractivity contribution in [3.8, 4) is 0 Å². The standard InChI is InChI=1S/C17H33O3Si.3C4H9.Sn/c1-7-12-18-15-10-8-13-19-16(15)11-9-14-20-21(5,6)17(2,3)4;3*1-3-4-2;/h7,12,15-16H,1,8-11,13-14H2,2-6H3;3*1,3-4H2,2H3;/b12-7-;;;;/t15-,16+;;;;/m0..../s1. The molecule has 0 aromatic heterocycles. The van der Waals surface area contributed by atoms with Gasteiger partial charge in [0.2, 0.25) is 0 Å². The first-order valence-corrected chi connectivity index (χ1v) is 25.6. The van der Waals surface area contributed by atoms with Crippen LogP contribution in [0.4, 0.5) is 0 Å². The fourth-order valence-corrected chi connectivity index (χ4v) is 21.0. The summed E-state index contributed by atoms with van der Waals surface area (Å²) >= 11 is -2.10. The molecule has 1 saturated heterocycles. The molecule has 0 unspecified atom stereocenters. The molecule has 0 bridgehead atoms. The average Bonchev–Trinajstić information content (AvgIpc) is 2.80. The summed E-state index contributed by atoms with van der Waals surface area (Å²) in [6.07, 6.45) is 17.6. The molecule has 0 amide bonds. The van der Waals surface area contributed by atoms with Crippen LogP contribution in [0.5, 0.6) is 0 Å². The van der Waals surface area contributed by atoms with Gasteiger partial charge in [0, 0.05) is 0 Å². The van der Waals surface area contributed by atoms with Crippen molar-refractivity contribution in [3.05, 3.63) is 12.3 Å². The fraction of sp³-hybridized carbons (Fsp3) is 0.931. The van der Waals surface area contributed by atoms with E-state index in [9.17, 15) is 0 Å². The normalized spacial score (nSPS) is 20.2.